The van der Waals surface area contributed by atoms with Crippen LogP contribution in [-0.4, -0.2) is 23.1 Å². The zero-order valence-corrected chi connectivity index (χ0v) is 12.2. The fraction of sp³-hybridized carbons (Fsp3) is 0.467. The molecule has 0 fully saturated rings. The Morgan fingerprint density at radius 3 is 2.55 bits per heavy atom. The van der Waals surface area contributed by atoms with Crippen LogP contribution in [0.2, 0.25) is 0 Å². The van der Waals surface area contributed by atoms with Crippen molar-refractivity contribution in [1.29, 1.82) is 0 Å². The Morgan fingerprint density at radius 1 is 1.25 bits per heavy atom. The average Bonchev–Trinajstić information content (AvgIpc) is 2.33. The van der Waals surface area contributed by atoms with Gasteiger partial charge in [0, 0.05) is 18.2 Å². The van der Waals surface area contributed by atoms with Gasteiger partial charge in [-0.15, -0.1) is 0 Å². The summed E-state index contributed by atoms with van der Waals surface area (Å²) in [7, 11) is 0. The molecule has 110 valence electrons. The van der Waals surface area contributed by atoms with Crippen molar-refractivity contribution in [3.8, 4) is 0 Å². The van der Waals surface area contributed by atoms with E-state index in [9.17, 15) is 9.59 Å². The molecule has 1 aromatic carbocycles. The maximum absolute atomic E-state index is 11.8. The predicted octanol–water partition coefficient (Wildman–Crippen LogP) is 3.07. The molecule has 0 bridgehead atoms. The smallest absolute Gasteiger partial charge is 0.319 e. The SMILES string of the molecule is Cc1ccc(NC(=O)NC(C)CCCC(=O)O)cc1C. The van der Waals surface area contributed by atoms with E-state index >= 15 is 0 Å². The number of aliphatic carboxylic acids is 1. The Hall–Kier alpha value is -2.04. The first-order chi connectivity index (χ1) is 9.38. The fourth-order valence-electron chi connectivity index (χ4n) is 1.84. The number of amides is 2. The Labute approximate surface area is 119 Å². The van der Waals surface area contributed by atoms with Crippen molar-refractivity contribution in [3.63, 3.8) is 0 Å². The topological polar surface area (TPSA) is 78.4 Å². The molecule has 0 aromatic heterocycles. The Morgan fingerprint density at radius 2 is 1.95 bits per heavy atom. The lowest BCUT2D eigenvalue weighted by Crippen LogP contribution is -2.36. The van der Waals surface area contributed by atoms with Crippen molar-refractivity contribution >= 4 is 17.7 Å². The molecule has 2 amide bonds. The molecule has 1 aromatic rings. The fourth-order valence-corrected chi connectivity index (χ4v) is 1.84. The van der Waals surface area contributed by atoms with E-state index in [0.29, 0.717) is 12.8 Å². The zero-order valence-electron chi connectivity index (χ0n) is 12.2. The minimum Gasteiger partial charge on any atom is -0.481 e. The van der Waals surface area contributed by atoms with Crippen molar-refractivity contribution in [2.45, 2.75) is 46.1 Å². The number of nitrogens with one attached hydrogen (secondary N) is 2. The third kappa shape index (κ3) is 5.73. The zero-order chi connectivity index (χ0) is 15.1. The molecule has 0 heterocycles. The van der Waals surface area contributed by atoms with Gasteiger partial charge in [0.1, 0.15) is 0 Å². The van der Waals surface area contributed by atoms with Crippen LogP contribution in [0.5, 0.6) is 0 Å². The third-order valence-electron chi connectivity index (χ3n) is 3.17. The predicted molar refractivity (Wildman–Crippen MR) is 79.0 cm³/mol. The van der Waals surface area contributed by atoms with Crippen LogP contribution in [0.25, 0.3) is 0 Å². The van der Waals surface area contributed by atoms with Crippen LogP contribution < -0.4 is 10.6 Å². The van der Waals surface area contributed by atoms with Gasteiger partial charge in [-0.3, -0.25) is 4.79 Å². The molecule has 0 saturated carbocycles. The van der Waals surface area contributed by atoms with E-state index < -0.39 is 5.97 Å². The molecule has 1 atom stereocenters. The summed E-state index contributed by atoms with van der Waals surface area (Å²) in [6, 6.07) is 5.42. The van der Waals surface area contributed by atoms with Gasteiger partial charge in [-0.1, -0.05) is 6.07 Å². The molecule has 5 heteroatoms. The van der Waals surface area contributed by atoms with Crippen molar-refractivity contribution in [1.82, 2.24) is 5.32 Å². The van der Waals surface area contributed by atoms with Gasteiger partial charge in [0.05, 0.1) is 0 Å². The first-order valence-corrected chi connectivity index (χ1v) is 6.75. The summed E-state index contributed by atoms with van der Waals surface area (Å²) < 4.78 is 0. The van der Waals surface area contributed by atoms with E-state index in [4.69, 9.17) is 5.11 Å². The van der Waals surface area contributed by atoms with Crippen LogP contribution in [0.4, 0.5) is 10.5 Å². The van der Waals surface area contributed by atoms with Gasteiger partial charge in [-0.05, 0) is 56.9 Å². The van der Waals surface area contributed by atoms with E-state index in [1.54, 1.807) is 0 Å². The normalized spacial score (nSPS) is 11.8. The van der Waals surface area contributed by atoms with Gasteiger partial charge in [-0.25, -0.2) is 4.79 Å². The van der Waals surface area contributed by atoms with Gasteiger partial charge in [0.2, 0.25) is 0 Å². The Balaban J connectivity index is 2.38. The Kier molecular flexibility index (Phi) is 6.03. The number of carbonyl (C=O) groups is 2. The Bertz CT molecular complexity index is 486. The van der Waals surface area contributed by atoms with Gasteiger partial charge in [0.25, 0.3) is 0 Å². The summed E-state index contributed by atoms with van der Waals surface area (Å²) in [5.41, 5.74) is 3.05. The lowest BCUT2D eigenvalue weighted by molar-refractivity contribution is -0.137. The number of carboxylic acid groups (broad SMARTS) is 1. The summed E-state index contributed by atoms with van der Waals surface area (Å²) in [5, 5.41) is 14.1. The van der Waals surface area contributed by atoms with Crippen molar-refractivity contribution in [2.75, 3.05) is 5.32 Å². The van der Waals surface area contributed by atoms with Gasteiger partial charge in [0.15, 0.2) is 0 Å². The molecule has 0 aliphatic carbocycles. The standard InChI is InChI=1S/C15H22N2O3/c1-10-7-8-13(9-11(10)2)17-15(20)16-12(3)5-4-6-14(18)19/h7-9,12H,4-6H2,1-3H3,(H,18,19)(H2,16,17,20). The van der Waals surface area contributed by atoms with E-state index in [2.05, 4.69) is 10.6 Å². The van der Waals surface area contributed by atoms with Crippen LogP contribution in [0.3, 0.4) is 0 Å². The number of carbonyl (C=O) groups excluding carboxylic acids is 1. The minimum absolute atomic E-state index is 0.0547. The van der Waals surface area contributed by atoms with Crippen LogP contribution in [0.1, 0.15) is 37.3 Å². The molecule has 20 heavy (non-hydrogen) atoms. The van der Waals surface area contributed by atoms with Crippen LogP contribution in [0, 0.1) is 13.8 Å². The van der Waals surface area contributed by atoms with Gasteiger partial charge >= 0.3 is 12.0 Å². The summed E-state index contributed by atoms with van der Waals surface area (Å²) in [6.45, 7) is 5.87. The third-order valence-corrected chi connectivity index (χ3v) is 3.17. The number of benzene rings is 1. The number of hydrogen-bond acceptors (Lipinski definition) is 2. The molecular formula is C15H22N2O3. The number of aryl methyl sites for hydroxylation is 2. The lowest BCUT2D eigenvalue weighted by Gasteiger charge is -2.14. The number of hydrogen-bond donors (Lipinski definition) is 3. The number of urea groups is 1. The lowest BCUT2D eigenvalue weighted by atomic mass is 10.1. The van der Waals surface area contributed by atoms with Crippen LogP contribution in [-0.2, 0) is 4.79 Å². The summed E-state index contributed by atoms with van der Waals surface area (Å²) in [5.74, 6) is -0.809. The molecule has 0 saturated heterocycles. The highest BCUT2D eigenvalue weighted by atomic mass is 16.4. The van der Waals surface area contributed by atoms with E-state index in [-0.39, 0.29) is 18.5 Å². The summed E-state index contributed by atoms with van der Waals surface area (Å²) >= 11 is 0. The van der Waals surface area contributed by atoms with Crippen molar-refractivity contribution < 1.29 is 14.7 Å². The average molecular weight is 278 g/mol. The van der Waals surface area contributed by atoms with Gasteiger partial charge in [-0.2, -0.15) is 0 Å². The number of carboxylic acids is 1. The summed E-state index contributed by atoms with van der Waals surface area (Å²) in [4.78, 5) is 22.2. The highest BCUT2D eigenvalue weighted by molar-refractivity contribution is 5.89. The summed E-state index contributed by atoms with van der Waals surface area (Å²) in [6.07, 6.45) is 1.33. The van der Waals surface area contributed by atoms with E-state index in [1.807, 2.05) is 39.0 Å². The van der Waals surface area contributed by atoms with Crippen molar-refractivity contribution in [3.05, 3.63) is 29.3 Å². The second-order valence-electron chi connectivity index (χ2n) is 5.08. The van der Waals surface area contributed by atoms with E-state index in [1.165, 1.54) is 5.56 Å². The van der Waals surface area contributed by atoms with Crippen LogP contribution >= 0.6 is 0 Å². The van der Waals surface area contributed by atoms with Crippen LogP contribution in [0.15, 0.2) is 18.2 Å². The van der Waals surface area contributed by atoms with E-state index in [0.717, 1.165) is 11.3 Å². The molecular weight excluding hydrogens is 256 g/mol. The molecule has 1 unspecified atom stereocenters. The second kappa shape index (κ2) is 7.53. The molecule has 1 rings (SSSR count). The monoisotopic (exact) mass is 278 g/mol. The molecule has 0 radical (unpaired) electrons. The molecule has 0 spiro atoms. The number of anilines is 1. The highest BCUT2D eigenvalue weighted by Gasteiger charge is 2.08. The molecule has 0 aliphatic heterocycles. The maximum atomic E-state index is 11.8. The molecule has 3 N–H and O–H groups in total. The first kappa shape index (κ1) is 16.0. The highest BCUT2D eigenvalue weighted by Crippen LogP contribution is 2.14. The quantitative estimate of drug-likeness (QED) is 0.748. The molecule has 5 nitrogen and oxygen atoms in total. The maximum Gasteiger partial charge on any atom is 0.319 e. The van der Waals surface area contributed by atoms with Crippen molar-refractivity contribution in [2.24, 2.45) is 0 Å². The minimum atomic E-state index is -0.809. The second-order valence-corrected chi connectivity index (χ2v) is 5.08. The number of rotatable bonds is 6. The van der Waals surface area contributed by atoms with Gasteiger partial charge < -0.3 is 15.7 Å². The first-order valence-electron chi connectivity index (χ1n) is 6.75. The largest absolute Gasteiger partial charge is 0.481 e. The molecule has 0 aliphatic rings.